The number of aryl methyl sites for hydroxylation is 2. The van der Waals surface area contributed by atoms with E-state index in [2.05, 4.69) is 55.7 Å². The highest BCUT2D eigenvalue weighted by molar-refractivity contribution is 6.17. The molecule has 4 aliphatic heterocycles. The van der Waals surface area contributed by atoms with Crippen LogP contribution in [0.15, 0.2) is 36.9 Å². The molecule has 5 atom stereocenters. The lowest BCUT2D eigenvalue weighted by molar-refractivity contribution is 0.187. The Hall–Kier alpha value is -6.86. The minimum atomic E-state index is -0.277. The molecular weight excluding hydrogens is 809 g/mol. The fourth-order valence-corrected chi connectivity index (χ4v) is 11.1. The number of nitrogens with one attached hydrogen (secondary N) is 5. The Balaban J connectivity index is 0.867. The second kappa shape index (κ2) is 13.6. The van der Waals surface area contributed by atoms with E-state index in [0.29, 0.717) is 89.5 Å². The van der Waals surface area contributed by atoms with Crippen molar-refractivity contribution in [2.24, 2.45) is 5.92 Å². The molecule has 1 aliphatic carbocycles. The number of aromatic amines is 2. The van der Waals surface area contributed by atoms with Crippen molar-refractivity contribution >= 4 is 61.1 Å². The second-order valence-electron chi connectivity index (χ2n) is 17.4. The van der Waals surface area contributed by atoms with Gasteiger partial charge in [-0.25, -0.2) is 28.7 Å². The monoisotopic (exact) mass is 849 g/mol. The third-order valence-electron chi connectivity index (χ3n) is 13.8. The average Bonchev–Trinajstić information content (AvgIpc) is 3.94. The highest BCUT2D eigenvalue weighted by Gasteiger charge is 2.52. The molecule has 318 valence electrons. The van der Waals surface area contributed by atoms with Gasteiger partial charge < -0.3 is 40.3 Å². The number of anilines is 3. The molecule has 0 bridgehead atoms. The number of H-pyrrole nitrogens is 2. The van der Waals surface area contributed by atoms with Gasteiger partial charge >= 0.3 is 12.0 Å². The van der Waals surface area contributed by atoms with Crippen LogP contribution in [0.4, 0.5) is 26.0 Å². The van der Waals surface area contributed by atoms with Crippen LogP contribution in [0.1, 0.15) is 47.2 Å². The van der Waals surface area contributed by atoms with E-state index in [-0.39, 0.29) is 53.6 Å². The summed E-state index contributed by atoms with van der Waals surface area (Å²) in [5.41, 5.74) is 6.00. The average molecular weight is 850 g/mol. The van der Waals surface area contributed by atoms with Crippen LogP contribution in [0.25, 0.3) is 43.9 Å². The quantitative estimate of drug-likeness (QED) is 0.117. The van der Waals surface area contributed by atoms with Crippen LogP contribution in [0.5, 0.6) is 23.5 Å². The zero-order valence-electron chi connectivity index (χ0n) is 34.6. The third kappa shape index (κ3) is 5.57. The lowest BCUT2D eigenvalue weighted by atomic mass is 9.78. The standard InChI is InChI=1S/C44H41F2N15O2/c1-18-49-11-21(12-50-18)62-43-56-36-25-16-60(15-20(25)7-23-26(45)9-28(47-3)37-32(23)34(36)40(54-37)57-43)17-53-29-10-27(46)24-8-31-39-30(5-4-6-48-39)61(31)42-35-33(24)38(29)55-41(35)58-44(59-42)63-22-13-51-19(2)52-14-22/h9-14,20,25,30-31,39,47-48,53H,4-8,15-17H2,1-3H3,(H,54,56,57)(H,55,58,59)/t20-,25-,30-,31-,39+/m0/s1. The summed E-state index contributed by atoms with van der Waals surface area (Å²) in [5, 5.41) is 13.6. The maximum atomic E-state index is 16.7. The molecule has 3 saturated heterocycles. The van der Waals surface area contributed by atoms with Gasteiger partial charge in [0.1, 0.15) is 40.4 Å². The smallest absolute Gasteiger partial charge is 0.326 e. The molecule has 5 N–H and O–H groups in total. The number of ether oxygens (including phenoxy) is 2. The van der Waals surface area contributed by atoms with Crippen LogP contribution in [-0.2, 0) is 12.8 Å². The Labute approximate surface area is 357 Å². The molecule has 6 aromatic heterocycles. The fourth-order valence-electron chi connectivity index (χ4n) is 11.1. The number of aromatic nitrogens is 10. The molecule has 0 saturated carbocycles. The van der Waals surface area contributed by atoms with Gasteiger partial charge in [0, 0.05) is 59.9 Å². The second-order valence-corrected chi connectivity index (χ2v) is 17.4. The molecule has 0 unspecified atom stereocenters. The van der Waals surface area contributed by atoms with Crippen molar-refractivity contribution in [1.29, 1.82) is 0 Å². The number of likely N-dealkylation sites (tertiary alicyclic amines) is 1. The Morgan fingerprint density at radius 3 is 2.10 bits per heavy atom. The number of fused-ring (bicyclic) bond motifs is 7. The Kier molecular flexibility index (Phi) is 7.92. The van der Waals surface area contributed by atoms with Gasteiger partial charge in [-0.05, 0) is 69.7 Å². The molecule has 2 aromatic carbocycles. The summed E-state index contributed by atoms with van der Waals surface area (Å²) in [5.74, 6) is 2.20. The van der Waals surface area contributed by atoms with E-state index < -0.39 is 0 Å². The largest absolute Gasteiger partial charge is 0.421 e. The third-order valence-corrected chi connectivity index (χ3v) is 13.8. The summed E-state index contributed by atoms with van der Waals surface area (Å²) in [4.78, 5) is 48.5. The predicted molar refractivity (Wildman–Crippen MR) is 231 cm³/mol. The van der Waals surface area contributed by atoms with E-state index in [1.807, 2.05) is 6.92 Å². The first-order valence-electron chi connectivity index (χ1n) is 21.4. The van der Waals surface area contributed by atoms with Crippen molar-refractivity contribution in [3.8, 4) is 23.5 Å². The Morgan fingerprint density at radius 2 is 1.38 bits per heavy atom. The summed E-state index contributed by atoms with van der Waals surface area (Å²) in [6.07, 6.45) is 9.48. The van der Waals surface area contributed by atoms with Crippen molar-refractivity contribution < 1.29 is 18.3 Å². The zero-order valence-corrected chi connectivity index (χ0v) is 34.6. The van der Waals surface area contributed by atoms with E-state index in [0.717, 1.165) is 63.5 Å². The van der Waals surface area contributed by atoms with E-state index >= 15 is 8.78 Å². The van der Waals surface area contributed by atoms with Gasteiger partial charge in [0.2, 0.25) is 0 Å². The number of piperidine rings is 1. The van der Waals surface area contributed by atoms with Crippen LogP contribution >= 0.6 is 0 Å². The first-order valence-corrected chi connectivity index (χ1v) is 21.4. The van der Waals surface area contributed by atoms with E-state index in [1.54, 1.807) is 50.9 Å². The maximum absolute atomic E-state index is 16.7. The van der Waals surface area contributed by atoms with E-state index in [9.17, 15) is 0 Å². The van der Waals surface area contributed by atoms with Gasteiger partial charge in [0.15, 0.2) is 11.5 Å². The maximum Gasteiger partial charge on any atom is 0.326 e. The molecule has 8 aromatic rings. The number of halogens is 2. The number of hydrogen-bond donors (Lipinski definition) is 5. The summed E-state index contributed by atoms with van der Waals surface area (Å²) >= 11 is 0. The molecule has 13 rings (SSSR count). The molecule has 5 aliphatic rings. The highest BCUT2D eigenvalue weighted by atomic mass is 19.1. The molecule has 17 nitrogen and oxygen atoms in total. The van der Waals surface area contributed by atoms with Crippen LogP contribution in [-0.4, -0.2) is 106 Å². The van der Waals surface area contributed by atoms with Gasteiger partial charge in [-0.15, -0.1) is 0 Å². The summed E-state index contributed by atoms with van der Waals surface area (Å²) < 4.78 is 45.2. The highest BCUT2D eigenvalue weighted by Crippen LogP contribution is 2.50. The first kappa shape index (κ1) is 36.8. The van der Waals surface area contributed by atoms with Gasteiger partial charge in [-0.3, -0.25) is 4.90 Å². The number of hydrogen-bond acceptors (Lipinski definition) is 15. The van der Waals surface area contributed by atoms with Crippen LogP contribution in [0, 0.1) is 31.4 Å². The summed E-state index contributed by atoms with van der Waals surface area (Å²) in [6.45, 7) is 6.21. The first-order chi connectivity index (χ1) is 30.8. The van der Waals surface area contributed by atoms with Gasteiger partial charge in [-0.2, -0.15) is 19.9 Å². The van der Waals surface area contributed by atoms with Crippen molar-refractivity contribution in [1.82, 2.24) is 60.1 Å². The van der Waals surface area contributed by atoms with Crippen molar-refractivity contribution in [3.63, 3.8) is 0 Å². The lowest BCUT2D eigenvalue weighted by Crippen LogP contribution is -2.75. The van der Waals surface area contributed by atoms with Crippen molar-refractivity contribution in [3.05, 3.63) is 77.0 Å². The molecule has 19 heteroatoms. The molecule has 0 amide bonds. The molecule has 63 heavy (non-hydrogen) atoms. The summed E-state index contributed by atoms with van der Waals surface area (Å²) in [7, 11) is 1.78. The normalized spacial score (nSPS) is 22.3. The van der Waals surface area contributed by atoms with Crippen LogP contribution in [0.2, 0.25) is 0 Å². The fraction of sp³-hybridized carbons (Fsp3) is 0.364. The summed E-state index contributed by atoms with van der Waals surface area (Å²) in [6, 6.07) is 3.94. The molecular formula is C44H41F2N15O2. The van der Waals surface area contributed by atoms with Gasteiger partial charge in [0.05, 0.1) is 71.0 Å². The number of rotatable bonds is 8. The van der Waals surface area contributed by atoms with Crippen molar-refractivity contribution in [2.75, 3.05) is 48.9 Å². The zero-order chi connectivity index (χ0) is 42.2. The van der Waals surface area contributed by atoms with E-state index in [1.165, 1.54) is 0 Å². The number of nitrogens with zero attached hydrogens (tertiary/aromatic N) is 10. The molecule has 3 fully saturated rings. The minimum Gasteiger partial charge on any atom is -0.421 e. The van der Waals surface area contributed by atoms with Crippen LogP contribution in [0.3, 0.4) is 0 Å². The van der Waals surface area contributed by atoms with E-state index in [4.69, 9.17) is 29.4 Å². The number of benzene rings is 2. The molecule has 0 spiro atoms. The lowest BCUT2D eigenvalue weighted by Gasteiger charge is -2.58. The topological polar surface area (TPSA) is 196 Å². The molecule has 0 radical (unpaired) electrons. The predicted octanol–water partition coefficient (Wildman–Crippen LogP) is 6.14. The Bertz CT molecular complexity index is 3190. The molecule has 10 heterocycles. The minimum absolute atomic E-state index is 0.0177. The Morgan fingerprint density at radius 1 is 0.746 bits per heavy atom. The van der Waals surface area contributed by atoms with Crippen molar-refractivity contribution in [2.45, 2.75) is 63.6 Å². The van der Waals surface area contributed by atoms with Gasteiger partial charge in [-0.1, -0.05) is 0 Å². The van der Waals surface area contributed by atoms with Gasteiger partial charge in [0.25, 0.3) is 0 Å². The van der Waals surface area contributed by atoms with Crippen LogP contribution < -0.4 is 30.3 Å². The SMILES string of the molecule is CNc1cc(F)c2c3c1[nH]c1nc(Oc4cnc(C)nc4)nc(c13)[C@H]1CN(CNc3cc(F)c4c5c3[nH]c3nc(Oc6cnc(C)nc6)nc(c35)N3[C@H]5CCCN[C@H]5[C@@H]3C4)C[C@@H]1C2.